The van der Waals surface area contributed by atoms with Crippen molar-refractivity contribution in [1.29, 1.82) is 0 Å². The van der Waals surface area contributed by atoms with Gasteiger partial charge in [0.05, 0.1) is 17.0 Å². The third kappa shape index (κ3) is 5.12. The van der Waals surface area contributed by atoms with Crippen LogP contribution in [0.4, 0.5) is 0 Å². The average Bonchev–Trinajstić information content (AvgIpc) is 2.66. The lowest BCUT2D eigenvalue weighted by Gasteiger charge is -2.09. The van der Waals surface area contributed by atoms with Gasteiger partial charge in [0.1, 0.15) is 0 Å². The van der Waals surface area contributed by atoms with Gasteiger partial charge in [0.25, 0.3) is 5.91 Å². The minimum absolute atomic E-state index is 0.0224. The van der Waals surface area contributed by atoms with Gasteiger partial charge in [-0.05, 0) is 46.5 Å². The number of aliphatic carboxylic acids is 1. The van der Waals surface area contributed by atoms with Gasteiger partial charge < -0.3 is 10.4 Å². The normalized spacial score (nSPS) is 10.5. The Balaban J connectivity index is 1.73. The van der Waals surface area contributed by atoms with Gasteiger partial charge in [0.15, 0.2) is 0 Å². The predicted molar refractivity (Wildman–Crippen MR) is 111 cm³/mol. The molecule has 6 heteroatoms. The van der Waals surface area contributed by atoms with Crippen LogP contribution in [0.3, 0.4) is 0 Å². The van der Waals surface area contributed by atoms with Crippen molar-refractivity contribution < 1.29 is 14.7 Å². The van der Waals surface area contributed by atoms with Crippen molar-refractivity contribution in [2.24, 2.45) is 0 Å². The molecule has 3 aromatic rings. The van der Waals surface area contributed by atoms with E-state index in [1.165, 1.54) is 6.07 Å². The summed E-state index contributed by atoms with van der Waals surface area (Å²) in [6.07, 6.45) is -0.0224. The molecule has 0 spiro atoms. The highest BCUT2D eigenvalue weighted by atomic mass is 35.5. The lowest BCUT2D eigenvalue weighted by Crippen LogP contribution is -2.23. The summed E-state index contributed by atoms with van der Waals surface area (Å²) in [5.41, 5.74) is 3.89. The smallest absolute Gasteiger partial charge is 0.307 e. The van der Waals surface area contributed by atoms with Crippen molar-refractivity contribution >= 4 is 35.1 Å². The molecule has 0 aromatic heterocycles. The van der Waals surface area contributed by atoms with Gasteiger partial charge in [-0.3, -0.25) is 9.59 Å². The van der Waals surface area contributed by atoms with E-state index in [4.69, 9.17) is 28.3 Å². The maximum atomic E-state index is 12.4. The summed E-state index contributed by atoms with van der Waals surface area (Å²) in [6, 6.07) is 19.9. The van der Waals surface area contributed by atoms with Crippen molar-refractivity contribution in [1.82, 2.24) is 5.32 Å². The Hall–Kier alpha value is -2.82. The molecular weight excluding hydrogens is 397 g/mol. The van der Waals surface area contributed by atoms with E-state index < -0.39 is 5.97 Å². The van der Waals surface area contributed by atoms with Crippen LogP contribution in [-0.2, 0) is 17.8 Å². The minimum atomic E-state index is -0.866. The fourth-order valence-electron chi connectivity index (χ4n) is 2.85. The Morgan fingerprint density at radius 1 is 0.857 bits per heavy atom. The highest BCUT2D eigenvalue weighted by molar-refractivity contribution is 6.36. The Morgan fingerprint density at radius 3 is 2.14 bits per heavy atom. The van der Waals surface area contributed by atoms with Crippen LogP contribution in [0.25, 0.3) is 11.1 Å². The summed E-state index contributed by atoms with van der Waals surface area (Å²) < 4.78 is 0. The molecule has 0 saturated heterocycles. The highest BCUT2D eigenvalue weighted by Gasteiger charge is 2.11. The van der Waals surface area contributed by atoms with Gasteiger partial charge in [-0.1, -0.05) is 65.7 Å². The molecule has 0 fully saturated rings. The number of nitrogens with one attached hydrogen (secondary N) is 1. The van der Waals surface area contributed by atoms with Crippen molar-refractivity contribution in [3.8, 4) is 11.1 Å². The maximum Gasteiger partial charge on any atom is 0.307 e. The third-order valence-corrected chi connectivity index (χ3v) is 4.72. The molecule has 0 heterocycles. The molecule has 0 aliphatic carbocycles. The summed E-state index contributed by atoms with van der Waals surface area (Å²) in [5.74, 6) is -1.15. The van der Waals surface area contributed by atoms with Crippen LogP contribution < -0.4 is 5.32 Å². The van der Waals surface area contributed by atoms with Crippen molar-refractivity contribution in [2.45, 2.75) is 13.0 Å². The number of carboxylic acid groups (broad SMARTS) is 1. The number of amides is 1. The Labute approximate surface area is 172 Å². The molecule has 0 unspecified atom stereocenters. The zero-order chi connectivity index (χ0) is 20.1. The number of benzene rings is 3. The quantitative estimate of drug-likeness (QED) is 0.582. The first-order valence-electron chi connectivity index (χ1n) is 8.55. The zero-order valence-corrected chi connectivity index (χ0v) is 16.3. The van der Waals surface area contributed by atoms with Gasteiger partial charge in [-0.25, -0.2) is 0 Å². The standard InChI is InChI=1S/C22H17Cl2NO3/c23-18-7-8-19(20(24)12-18)22(28)25-13-15-4-2-6-17(10-15)16-5-1-3-14(9-16)11-21(26)27/h1-10,12H,11,13H2,(H,25,28)(H,26,27). The van der Waals surface area contributed by atoms with Gasteiger partial charge in [-0.2, -0.15) is 0 Å². The predicted octanol–water partition coefficient (Wildman–Crippen LogP) is 5.22. The summed E-state index contributed by atoms with van der Waals surface area (Å²) in [6.45, 7) is 0.334. The number of hydrogen-bond acceptors (Lipinski definition) is 2. The van der Waals surface area contributed by atoms with E-state index in [1.807, 2.05) is 42.5 Å². The second kappa shape index (κ2) is 8.91. The monoisotopic (exact) mass is 413 g/mol. The molecule has 2 N–H and O–H groups in total. The molecule has 0 radical (unpaired) electrons. The molecule has 3 aromatic carbocycles. The molecule has 28 heavy (non-hydrogen) atoms. The molecule has 4 nitrogen and oxygen atoms in total. The van der Waals surface area contributed by atoms with Gasteiger partial charge in [0.2, 0.25) is 0 Å². The molecule has 0 bridgehead atoms. The van der Waals surface area contributed by atoms with E-state index >= 15 is 0 Å². The van der Waals surface area contributed by atoms with Crippen LogP contribution in [-0.4, -0.2) is 17.0 Å². The summed E-state index contributed by atoms with van der Waals surface area (Å²) >= 11 is 11.9. The van der Waals surface area contributed by atoms with Gasteiger partial charge >= 0.3 is 5.97 Å². The molecule has 0 saturated carbocycles. The van der Waals surface area contributed by atoms with Crippen LogP contribution in [0.5, 0.6) is 0 Å². The fourth-order valence-corrected chi connectivity index (χ4v) is 3.34. The number of halogens is 2. The first-order chi connectivity index (χ1) is 13.4. The number of carbonyl (C=O) groups is 2. The second-order valence-electron chi connectivity index (χ2n) is 6.28. The molecule has 0 aliphatic heterocycles. The van der Waals surface area contributed by atoms with E-state index in [2.05, 4.69) is 5.32 Å². The first kappa shape index (κ1) is 19.9. The van der Waals surface area contributed by atoms with Crippen LogP contribution in [0.1, 0.15) is 21.5 Å². The average molecular weight is 414 g/mol. The lowest BCUT2D eigenvalue weighted by molar-refractivity contribution is -0.136. The highest BCUT2D eigenvalue weighted by Crippen LogP contribution is 2.23. The fraction of sp³-hybridized carbons (Fsp3) is 0.0909. The molecule has 1 amide bonds. The molecule has 0 aliphatic rings. The zero-order valence-electron chi connectivity index (χ0n) is 14.8. The molecule has 142 valence electrons. The number of carboxylic acids is 1. The Bertz CT molecular complexity index is 1030. The first-order valence-corrected chi connectivity index (χ1v) is 9.31. The topological polar surface area (TPSA) is 66.4 Å². The maximum absolute atomic E-state index is 12.4. The second-order valence-corrected chi connectivity index (χ2v) is 7.12. The van der Waals surface area contributed by atoms with Crippen LogP contribution in [0.15, 0.2) is 66.7 Å². The Kier molecular flexibility index (Phi) is 6.34. The third-order valence-electron chi connectivity index (χ3n) is 4.17. The minimum Gasteiger partial charge on any atom is -0.481 e. The van der Waals surface area contributed by atoms with Crippen molar-refractivity contribution in [2.75, 3.05) is 0 Å². The van der Waals surface area contributed by atoms with Crippen LogP contribution in [0, 0.1) is 0 Å². The van der Waals surface area contributed by atoms with Gasteiger partial charge in [0, 0.05) is 11.6 Å². The summed E-state index contributed by atoms with van der Waals surface area (Å²) in [7, 11) is 0. The summed E-state index contributed by atoms with van der Waals surface area (Å²) in [5, 5.41) is 12.6. The SMILES string of the molecule is O=C(O)Cc1cccc(-c2cccc(CNC(=O)c3ccc(Cl)cc3Cl)c2)c1. The largest absolute Gasteiger partial charge is 0.481 e. The van der Waals surface area contributed by atoms with Crippen LogP contribution >= 0.6 is 23.2 Å². The van der Waals surface area contributed by atoms with E-state index in [0.29, 0.717) is 22.2 Å². The lowest BCUT2D eigenvalue weighted by atomic mass is 10.00. The molecule has 0 atom stereocenters. The summed E-state index contributed by atoms with van der Waals surface area (Å²) in [4.78, 5) is 23.3. The van der Waals surface area contributed by atoms with Crippen molar-refractivity contribution in [3.05, 3.63) is 93.5 Å². The van der Waals surface area contributed by atoms with Crippen LogP contribution in [0.2, 0.25) is 10.0 Å². The number of hydrogen-bond donors (Lipinski definition) is 2. The van der Waals surface area contributed by atoms with E-state index in [1.54, 1.807) is 18.2 Å². The number of carbonyl (C=O) groups excluding carboxylic acids is 1. The van der Waals surface area contributed by atoms with E-state index in [-0.39, 0.29) is 12.3 Å². The van der Waals surface area contributed by atoms with E-state index in [9.17, 15) is 9.59 Å². The van der Waals surface area contributed by atoms with E-state index in [0.717, 1.165) is 22.3 Å². The molecule has 3 rings (SSSR count). The number of rotatable bonds is 6. The molecular formula is C22H17Cl2NO3. The Morgan fingerprint density at radius 2 is 1.50 bits per heavy atom. The van der Waals surface area contributed by atoms with Crippen molar-refractivity contribution in [3.63, 3.8) is 0 Å². The van der Waals surface area contributed by atoms with Gasteiger partial charge in [-0.15, -0.1) is 0 Å².